The summed E-state index contributed by atoms with van der Waals surface area (Å²) in [5.74, 6) is -0.507. The molecule has 220 valence electrons. The van der Waals surface area contributed by atoms with Gasteiger partial charge in [-0.25, -0.2) is 0 Å². The van der Waals surface area contributed by atoms with Gasteiger partial charge in [0.15, 0.2) is 0 Å². The zero-order chi connectivity index (χ0) is 27.4. The molecule has 5 heteroatoms. The number of allylic oxidation sites excluding steroid dienone is 1. The molecule has 1 unspecified atom stereocenters. The molecule has 0 aliphatic carbocycles. The van der Waals surface area contributed by atoms with Gasteiger partial charge in [-0.1, -0.05) is 154 Å². The molecule has 0 aromatic rings. The molecule has 4 N–H and O–H groups in total. The van der Waals surface area contributed by atoms with Crippen LogP contribution >= 0.6 is 0 Å². The predicted octanol–water partition coefficient (Wildman–Crippen LogP) is 7.75. The lowest BCUT2D eigenvalue weighted by molar-refractivity contribution is -0.131. The molecular formula is C32H63NO4. The largest absolute Gasteiger partial charge is 0.394 e. The van der Waals surface area contributed by atoms with E-state index in [1.165, 1.54) is 109 Å². The van der Waals surface area contributed by atoms with Crippen molar-refractivity contribution in [2.45, 2.75) is 180 Å². The second-order valence-corrected chi connectivity index (χ2v) is 11.0. The highest BCUT2D eigenvalue weighted by Crippen LogP contribution is 2.13. The third-order valence-corrected chi connectivity index (χ3v) is 7.38. The van der Waals surface area contributed by atoms with E-state index in [1.54, 1.807) is 6.08 Å². The van der Waals surface area contributed by atoms with Gasteiger partial charge in [-0.3, -0.25) is 4.79 Å². The van der Waals surface area contributed by atoms with Crippen molar-refractivity contribution in [3.8, 4) is 0 Å². The molecule has 0 saturated heterocycles. The summed E-state index contributed by atoms with van der Waals surface area (Å²) in [7, 11) is 0. The molecule has 1 amide bonds. The van der Waals surface area contributed by atoms with Crippen LogP contribution in [0.2, 0.25) is 0 Å². The van der Waals surface area contributed by atoms with Gasteiger partial charge < -0.3 is 20.6 Å². The maximum absolute atomic E-state index is 12.3. The van der Waals surface area contributed by atoms with E-state index in [0.29, 0.717) is 6.42 Å². The van der Waals surface area contributed by atoms with Crippen LogP contribution in [0.4, 0.5) is 0 Å². The lowest BCUT2D eigenvalue weighted by Crippen LogP contribution is -2.48. The van der Waals surface area contributed by atoms with Crippen LogP contribution in [0.1, 0.15) is 162 Å². The molecule has 37 heavy (non-hydrogen) atoms. The summed E-state index contributed by atoms with van der Waals surface area (Å²) >= 11 is 0. The smallest absolute Gasteiger partial charge is 0.249 e. The van der Waals surface area contributed by atoms with Crippen LogP contribution in [-0.2, 0) is 4.79 Å². The highest BCUT2D eigenvalue weighted by atomic mass is 16.3. The van der Waals surface area contributed by atoms with Crippen LogP contribution < -0.4 is 5.32 Å². The maximum Gasteiger partial charge on any atom is 0.249 e. The topological polar surface area (TPSA) is 89.8 Å². The molecule has 0 aromatic heterocycles. The van der Waals surface area contributed by atoms with E-state index in [0.717, 1.165) is 32.1 Å². The molecule has 5 nitrogen and oxygen atoms in total. The van der Waals surface area contributed by atoms with Gasteiger partial charge in [0.2, 0.25) is 5.91 Å². The Labute approximate surface area is 229 Å². The molecule has 0 aliphatic heterocycles. The van der Waals surface area contributed by atoms with Gasteiger partial charge in [-0.15, -0.1) is 0 Å². The highest BCUT2D eigenvalue weighted by Gasteiger charge is 2.22. The second kappa shape index (κ2) is 28.1. The predicted molar refractivity (Wildman–Crippen MR) is 158 cm³/mol. The van der Waals surface area contributed by atoms with Crippen LogP contribution in [0.3, 0.4) is 0 Å². The van der Waals surface area contributed by atoms with Gasteiger partial charge in [0.1, 0.15) is 6.10 Å². The van der Waals surface area contributed by atoms with Crippen LogP contribution in [0.15, 0.2) is 12.2 Å². The fourth-order valence-corrected chi connectivity index (χ4v) is 4.77. The molecule has 0 bridgehead atoms. The first-order chi connectivity index (χ1) is 18.1. The van der Waals surface area contributed by atoms with Crippen LogP contribution in [0.5, 0.6) is 0 Å². The number of rotatable bonds is 28. The molecule has 0 rings (SSSR count). The van der Waals surface area contributed by atoms with Gasteiger partial charge in [0, 0.05) is 0 Å². The minimum atomic E-state index is -1.09. The van der Waals surface area contributed by atoms with E-state index in [9.17, 15) is 20.1 Å². The Bertz CT molecular complexity index is 511. The molecule has 0 saturated carbocycles. The van der Waals surface area contributed by atoms with Gasteiger partial charge in [-0.2, -0.15) is 0 Å². The third-order valence-electron chi connectivity index (χ3n) is 7.38. The summed E-state index contributed by atoms with van der Waals surface area (Å²) in [5, 5.41) is 32.7. The van der Waals surface area contributed by atoms with E-state index < -0.39 is 24.2 Å². The number of hydrogen-bond acceptors (Lipinski definition) is 4. The van der Waals surface area contributed by atoms with Gasteiger partial charge in [0.25, 0.3) is 0 Å². The number of carbonyl (C=O) groups is 1. The number of aliphatic hydroxyl groups is 3. The van der Waals surface area contributed by atoms with Crippen molar-refractivity contribution in [3.05, 3.63) is 12.2 Å². The first kappa shape index (κ1) is 36.1. The summed E-state index contributed by atoms with van der Waals surface area (Å²) in [4.78, 5) is 12.3. The fourth-order valence-electron chi connectivity index (χ4n) is 4.77. The minimum absolute atomic E-state index is 0.360. The molecule has 0 aliphatic rings. The standard InChI is InChI=1S/C32H63NO4/c1-3-5-7-9-11-13-15-16-17-19-20-22-24-26-30(35)29(28-34)33-32(37)31(36)27-25-23-21-18-14-12-10-8-6-4-2/h24,26,29-31,34-36H,3-23,25,27-28H2,1-2H3,(H,33,37)/b26-24+/t29-,30+,31?/m0/s1. The monoisotopic (exact) mass is 525 g/mol. The molecule has 0 aromatic carbocycles. The lowest BCUT2D eigenvalue weighted by Gasteiger charge is -2.21. The lowest BCUT2D eigenvalue weighted by atomic mass is 10.0. The Kier molecular flexibility index (Phi) is 27.4. The normalized spacial score (nSPS) is 14.2. The summed E-state index contributed by atoms with van der Waals surface area (Å²) < 4.78 is 0. The Balaban J connectivity index is 3.81. The summed E-state index contributed by atoms with van der Waals surface area (Å²) in [6.45, 7) is 4.13. The number of aliphatic hydroxyl groups excluding tert-OH is 3. The van der Waals surface area contributed by atoms with Crippen molar-refractivity contribution >= 4 is 5.91 Å². The Morgan fingerprint density at radius 2 is 1.05 bits per heavy atom. The highest BCUT2D eigenvalue weighted by molar-refractivity contribution is 5.80. The van der Waals surface area contributed by atoms with E-state index >= 15 is 0 Å². The van der Waals surface area contributed by atoms with Gasteiger partial charge >= 0.3 is 0 Å². The average molecular weight is 526 g/mol. The molecular weight excluding hydrogens is 462 g/mol. The van der Waals surface area contributed by atoms with Crippen LogP contribution in [0, 0.1) is 0 Å². The van der Waals surface area contributed by atoms with E-state index in [1.807, 2.05) is 6.08 Å². The molecule has 3 atom stereocenters. The number of unbranched alkanes of at least 4 members (excludes halogenated alkanes) is 20. The van der Waals surface area contributed by atoms with E-state index in [4.69, 9.17) is 0 Å². The second-order valence-electron chi connectivity index (χ2n) is 11.0. The van der Waals surface area contributed by atoms with Crippen molar-refractivity contribution in [2.75, 3.05) is 6.61 Å². The summed E-state index contributed by atoms with van der Waals surface area (Å²) in [6.07, 6.45) is 29.3. The quantitative estimate of drug-likeness (QED) is 0.0621. The van der Waals surface area contributed by atoms with Crippen molar-refractivity contribution in [3.63, 3.8) is 0 Å². The average Bonchev–Trinajstić information content (AvgIpc) is 2.90. The first-order valence-corrected chi connectivity index (χ1v) is 16.0. The number of hydrogen-bond donors (Lipinski definition) is 4. The van der Waals surface area contributed by atoms with E-state index in [2.05, 4.69) is 19.2 Å². The Morgan fingerprint density at radius 1 is 0.649 bits per heavy atom. The van der Waals surface area contributed by atoms with Crippen LogP contribution in [0.25, 0.3) is 0 Å². The number of amides is 1. The first-order valence-electron chi connectivity index (χ1n) is 16.0. The van der Waals surface area contributed by atoms with Crippen molar-refractivity contribution in [1.82, 2.24) is 5.32 Å². The minimum Gasteiger partial charge on any atom is -0.394 e. The SMILES string of the molecule is CCCCCCCCCCCCC/C=C/[C@@H](O)[C@H](CO)NC(=O)C(O)CCCCCCCCCCCC. The zero-order valence-corrected chi connectivity index (χ0v) is 24.6. The molecule has 0 fully saturated rings. The zero-order valence-electron chi connectivity index (χ0n) is 24.6. The number of nitrogens with one attached hydrogen (secondary N) is 1. The number of carbonyl (C=O) groups excluding carboxylic acids is 1. The Hall–Kier alpha value is -0.910. The van der Waals surface area contributed by atoms with Crippen molar-refractivity contribution in [1.29, 1.82) is 0 Å². The molecule has 0 spiro atoms. The third kappa shape index (κ3) is 23.9. The van der Waals surface area contributed by atoms with Crippen LogP contribution in [-0.4, -0.2) is 46.1 Å². The summed E-state index contributed by atoms with van der Waals surface area (Å²) in [6, 6.07) is -0.788. The maximum atomic E-state index is 12.3. The van der Waals surface area contributed by atoms with Crippen molar-refractivity contribution in [2.24, 2.45) is 0 Å². The molecule has 0 heterocycles. The van der Waals surface area contributed by atoms with E-state index in [-0.39, 0.29) is 6.61 Å². The fraction of sp³-hybridized carbons (Fsp3) is 0.906. The van der Waals surface area contributed by atoms with Crippen molar-refractivity contribution < 1.29 is 20.1 Å². The summed E-state index contributed by atoms with van der Waals surface area (Å²) in [5.41, 5.74) is 0. The van der Waals surface area contributed by atoms with Gasteiger partial charge in [0.05, 0.1) is 18.8 Å². The Morgan fingerprint density at radius 3 is 1.49 bits per heavy atom. The van der Waals surface area contributed by atoms with Gasteiger partial charge in [-0.05, 0) is 19.3 Å². The molecule has 0 radical (unpaired) electrons.